The van der Waals surface area contributed by atoms with E-state index in [-0.39, 0.29) is 29.1 Å². The van der Waals surface area contributed by atoms with Crippen molar-refractivity contribution < 1.29 is 27.5 Å². The van der Waals surface area contributed by atoms with E-state index in [0.717, 1.165) is 42.0 Å². The summed E-state index contributed by atoms with van der Waals surface area (Å²) >= 11 is 6.27. The zero-order valence-electron chi connectivity index (χ0n) is 25.4. The van der Waals surface area contributed by atoms with Gasteiger partial charge in [-0.15, -0.1) is 0 Å². The molecule has 0 saturated heterocycles. The van der Waals surface area contributed by atoms with Crippen LogP contribution in [0, 0.1) is 0 Å². The van der Waals surface area contributed by atoms with Gasteiger partial charge in [0.25, 0.3) is 10.0 Å². The van der Waals surface area contributed by atoms with Crippen LogP contribution >= 0.6 is 11.6 Å². The summed E-state index contributed by atoms with van der Waals surface area (Å²) in [5.41, 5.74) is 0.969. The van der Waals surface area contributed by atoms with Gasteiger partial charge in [0.05, 0.1) is 24.8 Å². The standard InChI is InChI=1S/C33H40ClN3O6S/c1-4-31(33(39)35-26-12-6-5-7-13-26)36(22-24-10-8-15-29(20-24)43-3)32(38)23-37(27-14-9-11-25(34)21-27)44(40,41)30-18-16-28(42-2)17-19-30/h8-11,14-21,26,31H,4-7,12-13,22-23H2,1-3H3,(H,35,39)/t31-/m1/s1. The molecule has 4 rings (SSSR count). The van der Waals surface area contributed by atoms with Crippen molar-refractivity contribution in [1.82, 2.24) is 10.2 Å². The van der Waals surface area contributed by atoms with Crippen LogP contribution in [0.25, 0.3) is 0 Å². The van der Waals surface area contributed by atoms with Gasteiger partial charge in [-0.25, -0.2) is 8.42 Å². The Hall–Kier alpha value is -3.76. The molecule has 11 heteroatoms. The Morgan fingerprint density at radius 1 is 0.932 bits per heavy atom. The Kier molecular flexibility index (Phi) is 11.5. The second kappa shape index (κ2) is 15.3. The SMILES string of the molecule is CC[C@H](C(=O)NC1CCCCC1)N(Cc1cccc(OC)c1)C(=O)CN(c1cccc(Cl)c1)S(=O)(=O)c1ccc(OC)cc1. The van der Waals surface area contributed by atoms with Crippen molar-refractivity contribution in [2.45, 2.75) is 69.0 Å². The van der Waals surface area contributed by atoms with Crippen LogP contribution in [0.3, 0.4) is 0 Å². The molecule has 1 fully saturated rings. The van der Waals surface area contributed by atoms with Crippen LogP contribution in [0.2, 0.25) is 5.02 Å². The van der Waals surface area contributed by atoms with Crippen molar-refractivity contribution in [2.24, 2.45) is 0 Å². The molecule has 3 aromatic rings. The molecule has 3 aromatic carbocycles. The highest BCUT2D eigenvalue weighted by atomic mass is 35.5. The Morgan fingerprint density at radius 3 is 2.25 bits per heavy atom. The average Bonchev–Trinajstić information content (AvgIpc) is 3.03. The van der Waals surface area contributed by atoms with E-state index in [9.17, 15) is 18.0 Å². The first kappa shape index (κ1) is 33.1. The number of halogens is 1. The number of carbonyl (C=O) groups is 2. The van der Waals surface area contributed by atoms with Crippen molar-refractivity contribution in [3.05, 3.63) is 83.4 Å². The van der Waals surface area contributed by atoms with Crippen LogP contribution in [0.4, 0.5) is 5.69 Å². The van der Waals surface area contributed by atoms with Gasteiger partial charge < -0.3 is 19.7 Å². The van der Waals surface area contributed by atoms with Crippen LogP contribution < -0.4 is 19.1 Å². The highest BCUT2D eigenvalue weighted by Crippen LogP contribution is 2.28. The van der Waals surface area contributed by atoms with Gasteiger partial charge in [0.15, 0.2) is 0 Å². The number of sulfonamides is 1. The van der Waals surface area contributed by atoms with Gasteiger partial charge in [0.1, 0.15) is 24.1 Å². The molecule has 2 amide bonds. The zero-order valence-corrected chi connectivity index (χ0v) is 26.9. The maximum Gasteiger partial charge on any atom is 0.264 e. The number of hydrogen-bond acceptors (Lipinski definition) is 6. The topological polar surface area (TPSA) is 105 Å². The van der Waals surface area contributed by atoms with Gasteiger partial charge >= 0.3 is 0 Å². The van der Waals surface area contributed by atoms with E-state index >= 15 is 0 Å². The molecule has 0 aliphatic heterocycles. The molecular formula is C33H40ClN3O6S. The Balaban J connectivity index is 1.72. The van der Waals surface area contributed by atoms with Crippen molar-refractivity contribution in [3.8, 4) is 11.5 Å². The van der Waals surface area contributed by atoms with Crippen LogP contribution in [-0.2, 0) is 26.2 Å². The first-order valence-corrected chi connectivity index (χ1v) is 16.6. The van der Waals surface area contributed by atoms with Crippen LogP contribution in [0.5, 0.6) is 11.5 Å². The number of amides is 2. The normalized spacial score (nSPS) is 14.4. The van der Waals surface area contributed by atoms with Crippen molar-refractivity contribution >= 4 is 39.1 Å². The number of rotatable bonds is 13. The van der Waals surface area contributed by atoms with E-state index < -0.39 is 28.5 Å². The maximum absolute atomic E-state index is 14.3. The second-order valence-corrected chi connectivity index (χ2v) is 13.1. The van der Waals surface area contributed by atoms with Gasteiger partial charge in [-0.1, -0.05) is 56.0 Å². The van der Waals surface area contributed by atoms with E-state index in [1.165, 1.54) is 30.2 Å². The minimum absolute atomic E-state index is 0.0208. The van der Waals surface area contributed by atoms with E-state index in [1.54, 1.807) is 49.6 Å². The summed E-state index contributed by atoms with van der Waals surface area (Å²) in [5.74, 6) is 0.323. The molecule has 0 unspecified atom stereocenters. The lowest BCUT2D eigenvalue weighted by molar-refractivity contribution is -0.140. The van der Waals surface area contributed by atoms with E-state index in [4.69, 9.17) is 21.1 Å². The van der Waals surface area contributed by atoms with Crippen molar-refractivity contribution in [3.63, 3.8) is 0 Å². The maximum atomic E-state index is 14.3. The molecule has 1 N–H and O–H groups in total. The Labute approximate surface area is 265 Å². The molecule has 44 heavy (non-hydrogen) atoms. The molecular weight excluding hydrogens is 602 g/mol. The van der Waals surface area contributed by atoms with Crippen molar-refractivity contribution in [1.29, 1.82) is 0 Å². The first-order chi connectivity index (χ1) is 21.2. The third-order valence-electron chi connectivity index (χ3n) is 7.85. The number of hydrogen-bond donors (Lipinski definition) is 1. The number of nitrogens with zero attached hydrogens (tertiary/aromatic N) is 2. The largest absolute Gasteiger partial charge is 0.497 e. The predicted molar refractivity (Wildman–Crippen MR) is 172 cm³/mol. The Morgan fingerprint density at radius 2 is 1.61 bits per heavy atom. The highest BCUT2D eigenvalue weighted by Gasteiger charge is 2.34. The molecule has 0 radical (unpaired) electrons. The van der Waals surface area contributed by atoms with Gasteiger partial charge in [0.2, 0.25) is 11.8 Å². The van der Waals surface area contributed by atoms with Crippen molar-refractivity contribution in [2.75, 3.05) is 25.1 Å². The minimum atomic E-state index is -4.23. The molecule has 0 heterocycles. The van der Waals surface area contributed by atoms with E-state index in [1.807, 2.05) is 19.1 Å². The molecule has 0 aromatic heterocycles. The summed E-state index contributed by atoms with van der Waals surface area (Å²) in [6.45, 7) is 1.38. The lowest BCUT2D eigenvalue weighted by Crippen LogP contribution is -2.54. The quantitative estimate of drug-likeness (QED) is 0.253. The van der Waals surface area contributed by atoms with Crippen LogP contribution in [-0.4, -0.2) is 58.0 Å². The number of ether oxygens (including phenoxy) is 2. The van der Waals surface area contributed by atoms with Crippen LogP contribution in [0.1, 0.15) is 51.0 Å². The molecule has 1 aliphatic carbocycles. The monoisotopic (exact) mass is 641 g/mol. The van der Waals surface area contributed by atoms with Crippen LogP contribution in [0.15, 0.2) is 77.7 Å². The number of anilines is 1. The molecule has 1 aliphatic rings. The number of carbonyl (C=O) groups excluding carboxylic acids is 2. The summed E-state index contributed by atoms with van der Waals surface area (Å²) in [5, 5.41) is 3.47. The third-order valence-corrected chi connectivity index (χ3v) is 9.87. The fourth-order valence-corrected chi connectivity index (χ4v) is 7.06. The summed E-state index contributed by atoms with van der Waals surface area (Å²) < 4.78 is 39.7. The minimum Gasteiger partial charge on any atom is -0.497 e. The first-order valence-electron chi connectivity index (χ1n) is 14.8. The summed E-state index contributed by atoms with van der Waals surface area (Å²) in [4.78, 5) is 29.4. The number of methoxy groups -OCH3 is 2. The highest BCUT2D eigenvalue weighted by molar-refractivity contribution is 7.92. The third kappa shape index (κ3) is 8.24. The van der Waals surface area contributed by atoms with Gasteiger partial charge in [-0.3, -0.25) is 13.9 Å². The average molecular weight is 642 g/mol. The lowest BCUT2D eigenvalue weighted by Gasteiger charge is -2.34. The number of nitrogens with one attached hydrogen (secondary N) is 1. The lowest BCUT2D eigenvalue weighted by atomic mass is 9.95. The zero-order chi connectivity index (χ0) is 31.7. The fourth-order valence-electron chi connectivity index (χ4n) is 5.47. The van der Waals surface area contributed by atoms with E-state index in [2.05, 4.69) is 5.32 Å². The summed E-state index contributed by atoms with van der Waals surface area (Å²) in [7, 11) is -1.18. The summed E-state index contributed by atoms with van der Waals surface area (Å²) in [6, 6.07) is 18.8. The predicted octanol–water partition coefficient (Wildman–Crippen LogP) is 5.81. The van der Waals surface area contributed by atoms with Gasteiger partial charge in [0, 0.05) is 17.6 Å². The molecule has 9 nitrogen and oxygen atoms in total. The molecule has 0 bridgehead atoms. The van der Waals surface area contributed by atoms with Gasteiger partial charge in [-0.05, 0) is 79.4 Å². The molecule has 1 atom stereocenters. The van der Waals surface area contributed by atoms with Gasteiger partial charge in [-0.2, -0.15) is 0 Å². The second-order valence-electron chi connectivity index (χ2n) is 10.8. The van der Waals surface area contributed by atoms with E-state index in [0.29, 0.717) is 22.9 Å². The fraction of sp³-hybridized carbons (Fsp3) is 0.394. The molecule has 236 valence electrons. The smallest absolute Gasteiger partial charge is 0.264 e. The molecule has 1 saturated carbocycles. The Bertz CT molecular complexity index is 1530. The number of benzene rings is 3. The summed E-state index contributed by atoms with van der Waals surface area (Å²) in [6.07, 6.45) is 5.38. The molecule has 0 spiro atoms.